The maximum absolute atomic E-state index is 11.2. The van der Waals surface area contributed by atoms with E-state index in [9.17, 15) is 4.79 Å². The van der Waals surface area contributed by atoms with Gasteiger partial charge in [-0.15, -0.1) is 0 Å². The number of cyclic esters (lactones) is 1. The Balaban J connectivity index is 2.12. The van der Waals surface area contributed by atoms with Crippen molar-refractivity contribution in [1.29, 1.82) is 0 Å². The van der Waals surface area contributed by atoms with E-state index in [1.165, 1.54) is 6.08 Å². The number of esters is 1. The molecular weight excluding hydrogens is 218 g/mol. The molecule has 0 saturated carbocycles. The number of carbonyl (C=O) groups is 1. The van der Waals surface area contributed by atoms with Crippen LogP contribution in [0.5, 0.6) is 5.75 Å². The van der Waals surface area contributed by atoms with Gasteiger partial charge in [0.15, 0.2) is 0 Å². The first-order chi connectivity index (χ1) is 8.17. The predicted octanol–water partition coefficient (Wildman–Crippen LogP) is 2.33. The average molecular weight is 233 g/mol. The molecule has 1 aliphatic rings. The third kappa shape index (κ3) is 3.00. The lowest BCUT2D eigenvalue weighted by molar-refractivity contribution is -0.143. The van der Waals surface area contributed by atoms with Crippen LogP contribution in [-0.2, 0) is 9.53 Å². The van der Waals surface area contributed by atoms with E-state index in [0.29, 0.717) is 6.42 Å². The molecule has 90 valence electrons. The van der Waals surface area contributed by atoms with E-state index in [2.05, 4.69) is 5.32 Å². The van der Waals surface area contributed by atoms with Gasteiger partial charge >= 0.3 is 5.97 Å². The molecule has 1 unspecified atom stereocenters. The molecule has 0 spiro atoms. The molecule has 0 amide bonds. The molecule has 1 aromatic carbocycles. The molecule has 0 aromatic heterocycles. The molecular formula is C13H15NO3. The first-order valence-electron chi connectivity index (χ1n) is 5.49. The molecule has 2 rings (SSSR count). The Morgan fingerprint density at radius 3 is 3.00 bits per heavy atom. The molecule has 4 nitrogen and oxygen atoms in total. The van der Waals surface area contributed by atoms with Crippen molar-refractivity contribution in [1.82, 2.24) is 0 Å². The fourth-order valence-corrected chi connectivity index (χ4v) is 1.76. The summed E-state index contributed by atoms with van der Waals surface area (Å²) in [5.41, 5.74) is 1.76. The van der Waals surface area contributed by atoms with Gasteiger partial charge < -0.3 is 14.8 Å². The fourth-order valence-electron chi connectivity index (χ4n) is 1.76. The van der Waals surface area contributed by atoms with Crippen molar-refractivity contribution >= 4 is 11.7 Å². The molecule has 1 atom stereocenters. The second-order valence-electron chi connectivity index (χ2n) is 3.98. The highest BCUT2D eigenvalue weighted by Crippen LogP contribution is 2.21. The van der Waals surface area contributed by atoms with Gasteiger partial charge in [-0.1, -0.05) is 6.07 Å². The standard InChI is InChI=1S/C13H15NO3/c1-9-6-11(8-13(15)17-9)14-10-4-3-5-12(7-10)16-2/h3-5,7-9,14H,6H2,1-2H3. The van der Waals surface area contributed by atoms with Crippen molar-refractivity contribution in [3.05, 3.63) is 36.0 Å². The summed E-state index contributed by atoms with van der Waals surface area (Å²) in [6.45, 7) is 1.87. The van der Waals surface area contributed by atoms with Crippen molar-refractivity contribution in [3.63, 3.8) is 0 Å². The van der Waals surface area contributed by atoms with Gasteiger partial charge in [0.25, 0.3) is 0 Å². The molecule has 0 bridgehead atoms. The number of benzene rings is 1. The normalized spacial score (nSPS) is 19.3. The third-order valence-corrected chi connectivity index (χ3v) is 2.49. The summed E-state index contributed by atoms with van der Waals surface area (Å²) in [7, 11) is 1.62. The zero-order valence-corrected chi connectivity index (χ0v) is 9.90. The van der Waals surface area contributed by atoms with E-state index in [4.69, 9.17) is 9.47 Å². The van der Waals surface area contributed by atoms with Crippen LogP contribution in [0.3, 0.4) is 0 Å². The van der Waals surface area contributed by atoms with E-state index in [1.807, 2.05) is 31.2 Å². The average Bonchev–Trinajstić information content (AvgIpc) is 2.28. The van der Waals surface area contributed by atoms with Crippen LogP contribution in [0.25, 0.3) is 0 Å². The van der Waals surface area contributed by atoms with Gasteiger partial charge in [0.05, 0.1) is 7.11 Å². The van der Waals surface area contributed by atoms with Crippen molar-refractivity contribution in [2.75, 3.05) is 12.4 Å². The molecule has 1 N–H and O–H groups in total. The SMILES string of the molecule is COc1cccc(NC2=CC(=O)OC(C)C2)c1. The molecule has 0 saturated heterocycles. The summed E-state index contributed by atoms with van der Waals surface area (Å²) in [6.07, 6.45) is 2.10. The zero-order valence-electron chi connectivity index (χ0n) is 9.90. The van der Waals surface area contributed by atoms with Gasteiger partial charge in [-0.3, -0.25) is 0 Å². The van der Waals surface area contributed by atoms with Crippen molar-refractivity contribution in [3.8, 4) is 5.75 Å². The summed E-state index contributed by atoms with van der Waals surface area (Å²) in [4.78, 5) is 11.2. The second-order valence-corrected chi connectivity index (χ2v) is 3.98. The fraction of sp³-hybridized carbons (Fsp3) is 0.308. The van der Waals surface area contributed by atoms with Crippen molar-refractivity contribution < 1.29 is 14.3 Å². The molecule has 0 radical (unpaired) electrons. The lowest BCUT2D eigenvalue weighted by Gasteiger charge is -2.20. The van der Waals surface area contributed by atoms with Crippen LogP contribution in [0.4, 0.5) is 5.69 Å². The molecule has 1 aliphatic heterocycles. The lowest BCUT2D eigenvalue weighted by atomic mass is 10.1. The summed E-state index contributed by atoms with van der Waals surface area (Å²) in [5.74, 6) is 0.483. The van der Waals surface area contributed by atoms with Gasteiger partial charge in [0, 0.05) is 29.9 Å². The quantitative estimate of drug-likeness (QED) is 0.814. The van der Waals surface area contributed by atoms with E-state index in [-0.39, 0.29) is 12.1 Å². The maximum atomic E-state index is 11.2. The monoisotopic (exact) mass is 233 g/mol. The molecule has 0 aliphatic carbocycles. The van der Waals surface area contributed by atoms with Gasteiger partial charge in [0.1, 0.15) is 11.9 Å². The third-order valence-electron chi connectivity index (χ3n) is 2.49. The van der Waals surface area contributed by atoms with Crippen molar-refractivity contribution in [2.24, 2.45) is 0 Å². The van der Waals surface area contributed by atoms with Crippen LogP contribution in [0, 0.1) is 0 Å². The van der Waals surface area contributed by atoms with Crippen LogP contribution < -0.4 is 10.1 Å². The summed E-state index contributed by atoms with van der Waals surface area (Å²) in [6, 6.07) is 7.57. The number of carbonyl (C=O) groups excluding carboxylic acids is 1. The van der Waals surface area contributed by atoms with E-state index in [1.54, 1.807) is 7.11 Å². The number of rotatable bonds is 3. The summed E-state index contributed by atoms with van der Waals surface area (Å²) < 4.78 is 10.2. The molecule has 1 heterocycles. The Morgan fingerprint density at radius 1 is 1.47 bits per heavy atom. The number of hydrogen-bond donors (Lipinski definition) is 1. The highest BCUT2D eigenvalue weighted by molar-refractivity contribution is 5.84. The molecule has 17 heavy (non-hydrogen) atoms. The van der Waals surface area contributed by atoms with Gasteiger partial charge in [-0.25, -0.2) is 4.79 Å². The van der Waals surface area contributed by atoms with Crippen LogP contribution in [-0.4, -0.2) is 19.2 Å². The maximum Gasteiger partial charge on any atom is 0.332 e. The number of ether oxygens (including phenoxy) is 2. The number of methoxy groups -OCH3 is 1. The molecule has 4 heteroatoms. The topological polar surface area (TPSA) is 47.6 Å². The highest BCUT2D eigenvalue weighted by Gasteiger charge is 2.17. The number of anilines is 1. The Hall–Kier alpha value is -1.97. The van der Waals surface area contributed by atoms with E-state index >= 15 is 0 Å². The van der Waals surface area contributed by atoms with Gasteiger partial charge in [0.2, 0.25) is 0 Å². The highest BCUT2D eigenvalue weighted by atomic mass is 16.5. The smallest absolute Gasteiger partial charge is 0.332 e. The minimum Gasteiger partial charge on any atom is -0.497 e. The Morgan fingerprint density at radius 2 is 2.29 bits per heavy atom. The van der Waals surface area contributed by atoms with Crippen LogP contribution in [0.15, 0.2) is 36.0 Å². The first kappa shape index (κ1) is 11.5. The lowest BCUT2D eigenvalue weighted by Crippen LogP contribution is -2.22. The Labute approximate surface area is 100 Å². The van der Waals surface area contributed by atoms with Crippen LogP contribution >= 0.6 is 0 Å². The summed E-state index contributed by atoms with van der Waals surface area (Å²) in [5, 5.41) is 3.20. The first-order valence-corrected chi connectivity index (χ1v) is 5.49. The zero-order chi connectivity index (χ0) is 12.3. The Kier molecular flexibility index (Phi) is 3.32. The van der Waals surface area contributed by atoms with E-state index < -0.39 is 0 Å². The largest absolute Gasteiger partial charge is 0.497 e. The van der Waals surface area contributed by atoms with E-state index in [0.717, 1.165) is 17.1 Å². The number of nitrogens with one attached hydrogen (secondary N) is 1. The number of hydrogen-bond acceptors (Lipinski definition) is 4. The second kappa shape index (κ2) is 4.91. The molecule has 0 fully saturated rings. The van der Waals surface area contributed by atoms with Gasteiger partial charge in [-0.2, -0.15) is 0 Å². The van der Waals surface area contributed by atoms with Gasteiger partial charge in [-0.05, 0) is 19.1 Å². The minimum atomic E-state index is -0.297. The minimum absolute atomic E-state index is 0.0828. The van der Waals surface area contributed by atoms with Crippen LogP contribution in [0.2, 0.25) is 0 Å². The summed E-state index contributed by atoms with van der Waals surface area (Å²) >= 11 is 0. The van der Waals surface area contributed by atoms with Crippen molar-refractivity contribution in [2.45, 2.75) is 19.4 Å². The van der Waals surface area contributed by atoms with Crippen LogP contribution in [0.1, 0.15) is 13.3 Å². The Bertz CT molecular complexity index is 454. The predicted molar refractivity (Wildman–Crippen MR) is 64.9 cm³/mol. The molecule has 1 aromatic rings.